The lowest BCUT2D eigenvalue weighted by molar-refractivity contribution is 0.272. The highest BCUT2D eigenvalue weighted by Crippen LogP contribution is 2.35. The fraction of sp³-hybridized carbons (Fsp3) is 0.412. The van der Waals surface area contributed by atoms with E-state index in [9.17, 15) is 9.90 Å². The second-order valence-corrected chi connectivity index (χ2v) is 8.42. The summed E-state index contributed by atoms with van der Waals surface area (Å²) in [5, 5.41) is 12.5. The van der Waals surface area contributed by atoms with Gasteiger partial charge in [-0.1, -0.05) is 41.0 Å². The van der Waals surface area contributed by atoms with Crippen molar-refractivity contribution in [1.29, 1.82) is 0 Å². The van der Waals surface area contributed by atoms with Crippen molar-refractivity contribution in [3.63, 3.8) is 0 Å². The van der Waals surface area contributed by atoms with Crippen molar-refractivity contribution in [1.82, 2.24) is 9.66 Å². The Morgan fingerprint density at radius 2 is 2.04 bits per heavy atom. The van der Waals surface area contributed by atoms with Crippen LogP contribution in [0.5, 0.6) is 0 Å². The van der Waals surface area contributed by atoms with Crippen molar-refractivity contribution in [3.05, 3.63) is 50.5 Å². The quantitative estimate of drug-likeness (QED) is 0.799. The van der Waals surface area contributed by atoms with Crippen LogP contribution in [0.3, 0.4) is 0 Å². The van der Waals surface area contributed by atoms with E-state index in [-0.39, 0.29) is 22.7 Å². The first-order valence-electron chi connectivity index (χ1n) is 8.20. The Labute approximate surface area is 165 Å². The zero-order valence-corrected chi connectivity index (χ0v) is 16.6. The van der Waals surface area contributed by atoms with Gasteiger partial charge in [-0.05, 0) is 31.9 Å². The first-order chi connectivity index (χ1) is 12.3. The Hall–Kier alpha value is -1.25. The average Bonchev–Trinajstić information content (AvgIpc) is 2.61. The zero-order chi connectivity index (χ0) is 18.9. The van der Waals surface area contributed by atoms with E-state index >= 15 is 0 Å². The fourth-order valence-corrected chi connectivity index (χ4v) is 4.12. The van der Waals surface area contributed by atoms with Crippen molar-refractivity contribution >= 4 is 35.0 Å². The van der Waals surface area contributed by atoms with Crippen LogP contribution in [0.4, 0.5) is 0 Å². The van der Waals surface area contributed by atoms with E-state index < -0.39 is 0 Å². The third kappa shape index (κ3) is 4.18. The molecule has 1 aromatic carbocycles. The summed E-state index contributed by atoms with van der Waals surface area (Å²) in [6.07, 6.45) is 3.13. The summed E-state index contributed by atoms with van der Waals surface area (Å²) in [6.45, 7) is 3.06. The molecule has 0 bridgehead atoms. The molecular weight excluding hydrogens is 395 g/mol. The number of hydrogen-bond acceptors (Lipinski definition) is 6. The lowest BCUT2D eigenvalue weighted by Gasteiger charge is -2.38. The van der Waals surface area contributed by atoms with Gasteiger partial charge in [-0.2, -0.15) is 0 Å². The van der Waals surface area contributed by atoms with Crippen molar-refractivity contribution in [2.24, 2.45) is 5.73 Å². The normalized spacial score (nSPS) is 16.7. The summed E-state index contributed by atoms with van der Waals surface area (Å²) in [5.41, 5.74) is 6.10. The van der Waals surface area contributed by atoms with Gasteiger partial charge in [0.15, 0.2) is 5.03 Å². The van der Waals surface area contributed by atoms with Crippen molar-refractivity contribution < 1.29 is 5.11 Å². The maximum Gasteiger partial charge on any atom is 0.301 e. The van der Waals surface area contributed by atoms with E-state index in [0.29, 0.717) is 33.7 Å². The fourth-order valence-electron chi connectivity index (χ4n) is 2.75. The van der Waals surface area contributed by atoms with Gasteiger partial charge < -0.3 is 15.8 Å². The van der Waals surface area contributed by atoms with Crippen LogP contribution in [0.1, 0.15) is 25.5 Å². The number of aliphatic hydroxyl groups is 1. The first kappa shape index (κ1) is 19.5. The Bertz CT molecular complexity index is 862. The topological polar surface area (TPSA) is 84.4 Å². The Morgan fingerprint density at radius 3 is 2.69 bits per heavy atom. The van der Waals surface area contributed by atoms with Gasteiger partial charge in [0.1, 0.15) is 0 Å². The summed E-state index contributed by atoms with van der Waals surface area (Å²) in [7, 11) is 0. The second-order valence-electron chi connectivity index (χ2n) is 6.61. The minimum Gasteiger partial charge on any atom is -0.390 e. The highest BCUT2D eigenvalue weighted by Gasteiger charge is 2.27. The molecule has 6 nitrogen and oxygen atoms in total. The van der Waals surface area contributed by atoms with E-state index in [1.165, 1.54) is 4.68 Å². The van der Waals surface area contributed by atoms with E-state index in [4.69, 9.17) is 28.9 Å². The minimum absolute atomic E-state index is 0.223. The molecule has 1 fully saturated rings. The summed E-state index contributed by atoms with van der Waals surface area (Å²) >= 11 is 13.4. The molecule has 9 heteroatoms. The molecule has 2 aromatic rings. The van der Waals surface area contributed by atoms with Crippen LogP contribution in [0.2, 0.25) is 10.0 Å². The first-order valence-corrected chi connectivity index (χ1v) is 9.77. The van der Waals surface area contributed by atoms with Crippen LogP contribution in [0.25, 0.3) is 0 Å². The van der Waals surface area contributed by atoms with Crippen LogP contribution in [-0.4, -0.2) is 33.4 Å². The number of benzene rings is 1. The van der Waals surface area contributed by atoms with Crippen LogP contribution < -0.4 is 16.3 Å². The largest absolute Gasteiger partial charge is 0.390 e. The second kappa shape index (κ2) is 7.78. The molecule has 0 unspecified atom stereocenters. The number of aromatic nitrogens is 2. The molecule has 3 N–H and O–H groups in total. The highest BCUT2D eigenvalue weighted by atomic mass is 35.5. The summed E-state index contributed by atoms with van der Waals surface area (Å²) in [6, 6.07) is 5.22. The zero-order valence-electron chi connectivity index (χ0n) is 14.3. The maximum absolute atomic E-state index is 12.9. The van der Waals surface area contributed by atoms with Crippen LogP contribution >= 0.6 is 35.0 Å². The molecule has 0 spiro atoms. The molecule has 1 aliphatic rings. The average molecular weight is 415 g/mol. The predicted molar refractivity (Wildman–Crippen MR) is 105 cm³/mol. The number of halogens is 2. The van der Waals surface area contributed by atoms with Gasteiger partial charge in [0.25, 0.3) is 0 Å². The van der Waals surface area contributed by atoms with E-state index in [2.05, 4.69) is 4.98 Å². The molecule has 2 heterocycles. The number of rotatable bonds is 4. The van der Waals surface area contributed by atoms with Gasteiger partial charge in [-0.3, -0.25) is 4.79 Å². The molecule has 0 radical (unpaired) electrons. The molecule has 0 saturated carbocycles. The van der Waals surface area contributed by atoms with Crippen LogP contribution in [0, 0.1) is 0 Å². The third-order valence-electron chi connectivity index (χ3n) is 4.38. The minimum atomic E-state index is -0.264. The smallest absolute Gasteiger partial charge is 0.301 e. The van der Waals surface area contributed by atoms with Crippen molar-refractivity contribution in [2.75, 3.05) is 18.1 Å². The van der Waals surface area contributed by atoms with Gasteiger partial charge in [0, 0.05) is 23.5 Å². The van der Waals surface area contributed by atoms with Gasteiger partial charge >= 0.3 is 5.56 Å². The SMILES string of the molecule is CC1(N)CCN(n2cc(CO)nc(Sc3cccc(Cl)c3Cl)c2=O)CC1. The Morgan fingerprint density at radius 1 is 1.35 bits per heavy atom. The summed E-state index contributed by atoms with van der Waals surface area (Å²) < 4.78 is 1.52. The predicted octanol–water partition coefficient (Wildman–Crippen LogP) is 2.64. The molecule has 1 aromatic heterocycles. The molecule has 0 aliphatic carbocycles. The molecule has 1 aliphatic heterocycles. The molecule has 140 valence electrons. The van der Waals surface area contributed by atoms with Crippen LogP contribution in [0.15, 0.2) is 39.1 Å². The molecule has 26 heavy (non-hydrogen) atoms. The number of nitrogens with two attached hydrogens (primary N) is 1. The monoisotopic (exact) mass is 414 g/mol. The molecular formula is C17H20Cl2N4O2S. The lowest BCUT2D eigenvalue weighted by Crippen LogP contribution is -2.54. The molecule has 0 atom stereocenters. The van der Waals surface area contributed by atoms with Gasteiger partial charge in [0.05, 0.1) is 28.5 Å². The summed E-state index contributed by atoms with van der Waals surface area (Å²) in [4.78, 5) is 17.9. The summed E-state index contributed by atoms with van der Waals surface area (Å²) in [5.74, 6) is 0. The highest BCUT2D eigenvalue weighted by molar-refractivity contribution is 7.99. The lowest BCUT2D eigenvalue weighted by atomic mass is 9.92. The third-order valence-corrected chi connectivity index (χ3v) is 6.33. The van der Waals surface area contributed by atoms with E-state index in [1.807, 2.05) is 11.9 Å². The number of nitrogens with zero attached hydrogens (tertiary/aromatic N) is 3. The number of aliphatic hydroxyl groups excluding tert-OH is 1. The van der Waals surface area contributed by atoms with E-state index in [1.54, 1.807) is 24.4 Å². The Kier molecular flexibility index (Phi) is 5.84. The van der Waals surface area contributed by atoms with E-state index in [0.717, 1.165) is 24.6 Å². The molecule has 1 saturated heterocycles. The number of hydrogen-bond donors (Lipinski definition) is 2. The van der Waals surface area contributed by atoms with Crippen LogP contribution in [-0.2, 0) is 6.61 Å². The maximum atomic E-state index is 12.9. The number of piperidine rings is 1. The van der Waals surface area contributed by atoms with Gasteiger partial charge in [0.2, 0.25) is 0 Å². The standard InChI is InChI=1S/C17H20Cl2N4O2S/c1-17(20)5-7-22(8-6-17)23-9-11(10-24)21-15(16(23)25)26-13-4-2-3-12(18)14(13)19/h2-4,9,24H,5-8,10,20H2,1H3. The van der Waals surface area contributed by atoms with Gasteiger partial charge in [-0.25, -0.2) is 9.66 Å². The van der Waals surface area contributed by atoms with Crippen molar-refractivity contribution in [3.8, 4) is 0 Å². The molecule has 3 rings (SSSR count). The van der Waals surface area contributed by atoms with Crippen molar-refractivity contribution in [2.45, 2.75) is 41.8 Å². The Balaban J connectivity index is 1.96. The van der Waals surface area contributed by atoms with Gasteiger partial charge in [-0.15, -0.1) is 0 Å². The molecule has 0 amide bonds.